The van der Waals surface area contributed by atoms with Crippen LogP contribution in [0.5, 0.6) is 5.75 Å². The highest BCUT2D eigenvalue weighted by Crippen LogP contribution is 2.23. The molecule has 0 aromatic heterocycles. The van der Waals surface area contributed by atoms with E-state index in [4.69, 9.17) is 27.4 Å². The first-order chi connectivity index (χ1) is 6.74. The van der Waals surface area contributed by atoms with E-state index in [0.717, 1.165) is 5.69 Å². The van der Waals surface area contributed by atoms with Gasteiger partial charge in [-0.05, 0) is 24.4 Å². The molecule has 1 rings (SSSR count). The van der Waals surface area contributed by atoms with E-state index in [-0.39, 0.29) is 11.9 Å². The Morgan fingerprint density at radius 1 is 1.50 bits per heavy atom. The van der Waals surface area contributed by atoms with Crippen LogP contribution in [0.4, 0.5) is 5.69 Å². The summed E-state index contributed by atoms with van der Waals surface area (Å²) in [7, 11) is 1.56. The minimum atomic E-state index is 0.191. The Bertz CT molecular complexity index is 317. The Labute approximate surface area is 88.0 Å². The fourth-order valence-corrected chi connectivity index (χ4v) is 1.06. The number of thiocarbonyl (C=S) groups is 1. The maximum absolute atomic E-state index is 5.36. The minimum Gasteiger partial charge on any atom is -0.465 e. The lowest BCUT2D eigenvalue weighted by atomic mass is 10.3. The second-order valence-corrected chi connectivity index (χ2v) is 2.98. The molecular weight excluding hydrogens is 200 g/mol. The van der Waals surface area contributed by atoms with Gasteiger partial charge in [-0.15, -0.1) is 0 Å². The smallest absolute Gasteiger partial charge is 0.188 e. The molecule has 0 amide bonds. The SMILES string of the molecule is COCOc1ccccc1NC(N)=S. The fourth-order valence-electron chi connectivity index (χ4n) is 0.951. The maximum atomic E-state index is 5.36. The lowest BCUT2D eigenvalue weighted by Crippen LogP contribution is -2.19. The van der Waals surface area contributed by atoms with Crippen molar-refractivity contribution in [2.75, 3.05) is 19.2 Å². The molecule has 0 bridgehead atoms. The first-order valence-corrected chi connectivity index (χ1v) is 4.42. The average molecular weight is 212 g/mol. The van der Waals surface area contributed by atoms with Gasteiger partial charge in [0.1, 0.15) is 5.75 Å². The summed E-state index contributed by atoms with van der Waals surface area (Å²) in [6, 6.07) is 7.35. The van der Waals surface area contributed by atoms with E-state index < -0.39 is 0 Å². The molecule has 0 unspecified atom stereocenters. The Hall–Kier alpha value is -1.33. The highest BCUT2D eigenvalue weighted by molar-refractivity contribution is 7.80. The Balaban J connectivity index is 2.74. The summed E-state index contributed by atoms with van der Waals surface area (Å²) in [6.07, 6.45) is 0. The largest absolute Gasteiger partial charge is 0.465 e. The Morgan fingerprint density at radius 3 is 2.86 bits per heavy atom. The summed E-state index contributed by atoms with van der Waals surface area (Å²) >= 11 is 4.73. The Kier molecular flexibility index (Phi) is 4.15. The number of hydrogen-bond acceptors (Lipinski definition) is 3. The number of hydrogen-bond donors (Lipinski definition) is 2. The van der Waals surface area contributed by atoms with Gasteiger partial charge in [-0.3, -0.25) is 0 Å². The van der Waals surface area contributed by atoms with Crippen molar-refractivity contribution >= 4 is 23.0 Å². The quantitative estimate of drug-likeness (QED) is 0.582. The van der Waals surface area contributed by atoms with Gasteiger partial charge in [0.05, 0.1) is 5.69 Å². The summed E-state index contributed by atoms with van der Waals surface area (Å²) in [4.78, 5) is 0. The predicted octanol–water partition coefficient (Wildman–Crippen LogP) is 1.32. The van der Waals surface area contributed by atoms with Crippen molar-refractivity contribution in [1.82, 2.24) is 0 Å². The van der Waals surface area contributed by atoms with Gasteiger partial charge in [0.2, 0.25) is 0 Å². The molecule has 5 heteroatoms. The molecule has 1 aromatic carbocycles. The van der Waals surface area contributed by atoms with Gasteiger partial charge in [0.25, 0.3) is 0 Å². The number of para-hydroxylation sites is 2. The van der Waals surface area contributed by atoms with Gasteiger partial charge < -0.3 is 20.5 Å². The van der Waals surface area contributed by atoms with Crippen molar-refractivity contribution in [3.05, 3.63) is 24.3 Å². The van der Waals surface area contributed by atoms with E-state index in [1.54, 1.807) is 13.2 Å². The lowest BCUT2D eigenvalue weighted by Gasteiger charge is -2.10. The second-order valence-electron chi connectivity index (χ2n) is 2.54. The molecule has 0 heterocycles. The zero-order valence-electron chi connectivity index (χ0n) is 7.82. The number of rotatable bonds is 4. The number of anilines is 1. The van der Waals surface area contributed by atoms with Gasteiger partial charge in [0, 0.05) is 7.11 Å². The minimum absolute atomic E-state index is 0.191. The molecule has 4 nitrogen and oxygen atoms in total. The van der Waals surface area contributed by atoms with E-state index in [9.17, 15) is 0 Å². The molecule has 0 fully saturated rings. The molecule has 3 N–H and O–H groups in total. The molecule has 76 valence electrons. The van der Waals surface area contributed by atoms with Crippen molar-refractivity contribution in [2.24, 2.45) is 5.73 Å². The number of ether oxygens (including phenoxy) is 2. The van der Waals surface area contributed by atoms with Crippen LogP contribution >= 0.6 is 12.2 Å². The van der Waals surface area contributed by atoms with E-state index in [0.29, 0.717) is 5.75 Å². The zero-order valence-corrected chi connectivity index (χ0v) is 8.64. The van der Waals surface area contributed by atoms with Gasteiger partial charge in [-0.25, -0.2) is 0 Å². The number of nitrogens with two attached hydrogens (primary N) is 1. The molecule has 0 aliphatic heterocycles. The number of nitrogens with one attached hydrogen (secondary N) is 1. The maximum Gasteiger partial charge on any atom is 0.188 e. The highest BCUT2D eigenvalue weighted by Gasteiger charge is 2.02. The van der Waals surface area contributed by atoms with Crippen molar-refractivity contribution in [3.63, 3.8) is 0 Å². The monoisotopic (exact) mass is 212 g/mol. The van der Waals surface area contributed by atoms with Gasteiger partial charge in [-0.1, -0.05) is 12.1 Å². The summed E-state index contributed by atoms with van der Waals surface area (Å²) in [5, 5.41) is 3.02. The van der Waals surface area contributed by atoms with Crippen molar-refractivity contribution in [3.8, 4) is 5.75 Å². The van der Waals surface area contributed by atoms with Crippen molar-refractivity contribution < 1.29 is 9.47 Å². The van der Waals surface area contributed by atoms with Crippen LogP contribution in [0.1, 0.15) is 0 Å². The van der Waals surface area contributed by atoms with Crippen molar-refractivity contribution in [2.45, 2.75) is 0 Å². The fraction of sp³-hybridized carbons (Fsp3) is 0.222. The van der Waals surface area contributed by atoms with Crippen LogP contribution in [-0.4, -0.2) is 19.0 Å². The van der Waals surface area contributed by atoms with Gasteiger partial charge in [0.15, 0.2) is 11.9 Å². The van der Waals surface area contributed by atoms with Crippen LogP contribution < -0.4 is 15.8 Å². The van der Waals surface area contributed by atoms with Crippen LogP contribution in [0.3, 0.4) is 0 Å². The normalized spacial score (nSPS) is 9.50. The first kappa shape index (κ1) is 10.7. The predicted molar refractivity (Wildman–Crippen MR) is 59.4 cm³/mol. The summed E-state index contributed by atoms with van der Waals surface area (Å²) in [5.74, 6) is 0.655. The summed E-state index contributed by atoms with van der Waals surface area (Å²) < 4.78 is 10.1. The van der Waals surface area contributed by atoms with E-state index in [1.807, 2.05) is 18.2 Å². The molecule has 1 aromatic rings. The molecule has 0 aliphatic rings. The van der Waals surface area contributed by atoms with Crippen LogP contribution in [0.15, 0.2) is 24.3 Å². The zero-order chi connectivity index (χ0) is 10.4. The molecule has 14 heavy (non-hydrogen) atoms. The second kappa shape index (κ2) is 5.41. The van der Waals surface area contributed by atoms with Crippen molar-refractivity contribution in [1.29, 1.82) is 0 Å². The summed E-state index contributed by atoms with van der Waals surface area (Å²) in [5.41, 5.74) is 6.09. The lowest BCUT2D eigenvalue weighted by molar-refractivity contribution is 0.0516. The number of benzene rings is 1. The molecule has 0 radical (unpaired) electrons. The third-order valence-electron chi connectivity index (χ3n) is 1.48. The summed E-state index contributed by atoms with van der Waals surface area (Å²) in [6.45, 7) is 0.191. The van der Waals surface area contributed by atoms with E-state index >= 15 is 0 Å². The number of methoxy groups -OCH3 is 1. The Morgan fingerprint density at radius 2 is 2.21 bits per heavy atom. The molecule has 0 atom stereocenters. The van der Waals surface area contributed by atoms with Gasteiger partial charge >= 0.3 is 0 Å². The molecule has 0 spiro atoms. The molecule has 0 aliphatic carbocycles. The third-order valence-corrected chi connectivity index (χ3v) is 1.58. The standard InChI is InChI=1S/C9H12N2O2S/c1-12-6-13-8-5-3-2-4-7(8)11-9(10)14/h2-5H,6H2,1H3,(H3,10,11,14). The topological polar surface area (TPSA) is 56.5 Å². The van der Waals surface area contributed by atoms with E-state index in [1.165, 1.54) is 0 Å². The van der Waals surface area contributed by atoms with Gasteiger partial charge in [-0.2, -0.15) is 0 Å². The molecule has 0 saturated carbocycles. The van der Waals surface area contributed by atoms with Crippen LogP contribution in [-0.2, 0) is 4.74 Å². The first-order valence-electron chi connectivity index (χ1n) is 4.01. The van der Waals surface area contributed by atoms with Crippen LogP contribution in [0.2, 0.25) is 0 Å². The highest BCUT2D eigenvalue weighted by atomic mass is 32.1. The average Bonchev–Trinajstić information content (AvgIpc) is 2.16. The third kappa shape index (κ3) is 3.20. The van der Waals surface area contributed by atoms with Crippen LogP contribution in [0, 0.1) is 0 Å². The molecule has 0 saturated heterocycles. The van der Waals surface area contributed by atoms with Crippen LogP contribution in [0.25, 0.3) is 0 Å². The van der Waals surface area contributed by atoms with E-state index in [2.05, 4.69) is 5.32 Å². The molecular formula is C9H12N2O2S.